The van der Waals surface area contributed by atoms with Crippen LogP contribution in [0.1, 0.15) is 25.0 Å². The van der Waals surface area contributed by atoms with Gasteiger partial charge in [0.25, 0.3) is 0 Å². The van der Waals surface area contributed by atoms with Crippen LogP contribution in [0.3, 0.4) is 0 Å². The Bertz CT molecular complexity index is 380. The molecule has 0 aromatic carbocycles. The molecule has 5 nitrogen and oxygen atoms in total. The van der Waals surface area contributed by atoms with Gasteiger partial charge in [0.15, 0.2) is 0 Å². The van der Waals surface area contributed by atoms with Gasteiger partial charge in [-0.1, -0.05) is 6.92 Å². The Morgan fingerprint density at radius 3 is 2.88 bits per heavy atom. The van der Waals surface area contributed by atoms with Gasteiger partial charge >= 0.3 is 0 Å². The normalized spacial score (nSPS) is 25.8. The van der Waals surface area contributed by atoms with E-state index in [1.807, 2.05) is 0 Å². The van der Waals surface area contributed by atoms with Crippen LogP contribution in [0.5, 0.6) is 0 Å². The van der Waals surface area contributed by atoms with Crippen molar-refractivity contribution in [1.82, 2.24) is 25.0 Å². The first-order valence-corrected chi connectivity index (χ1v) is 6.67. The van der Waals surface area contributed by atoms with Crippen molar-refractivity contribution in [2.75, 3.05) is 26.2 Å². The van der Waals surface area contributed by atoms with E-state index < -0.39 is 0 Å². The summed E-state index contributed by atoms with van der Waals surface area (Å²) in [7, 11) is 0. The fourth-order valence-corrected chi connectivity index (χ4v) is 2.73. The molecule has 1 unspecified atom stereocenters. The minimum Gasteiger partial charge on any atom is -0.314 e. The second-order valence-electron chi connectivity index (χ2n) is 5.31. The molecule has 17 heavy (non-hydrogen) atoms. The van der Waals surface area contributed by atoms with Crippen molar-refractivity contribution < 1.29 is 0 Å². The van der Waals surface area contributed by atoms with Crippen LogP contribution in [0, 0.1) is 5.92 Å². The third-order valence-corrected chi connectivity index (χ3v) is 3.86. The molecule has 3 rings (SSSR count). The van der Waals surface area contributed by atoms with Crippen molar-refractivity contribution in [3.05, 3.63) is 11.6 Å². The van der Waals surface area contributed by atoms with Crippen LogP contribution < -0.4 is 5.32 Å². The van der Waals surface area contributed by atoms with Gasteiger partial charge in [-0.05, 0) is 12.3 Å². The van der Waals surface area contributed by atoms with Crippen LogP contribution in [0.25, 0.3) is 0 Å². The lowest BCUT2D eigenvalue weighted by Gasteiger charge is -2.27. The SMILES string of the molecule is CC1CCn2c(nnc2CN2CCNCC2)C1. The Morgan fingerprint density at radius 1 is 1.24 bits per heavy atom. The number of hydrogen-bond donors (Lipinski definition) is 1. The molecule has 1 aromatic rings. The zero-order chi connectivity index (χ0) is 11.7. The van der Waals surface area contributed by atoms with Crippen LogP contribution in [-0.4, -0.2) is 45.8 Å². The Kier molecular flexibility index (Phi) is 3.11. The lowest BCUT2D eigenvalue weighted by atomic mass is 10.0. The molecule has 1 N–H and O–H groups in total. The van der Waals surface area contributed by atoms with Gasteiger partial charge in [-0.15, -0.1) is 10.2 Å². The quantitative estimate of drug-likeness (QED) is 0.799. The molecule has 0 aliphatic carbocycles. The number of nitrogens with one attached hydrogen (secondary N) is 1. The molecule has 1 saturated heterocycles. The fraction of sp³-hybridized carbons (Fsp3) is 0.833. The summed E-state index contributed by atoms with van der Waals surface area (Å²) < 4.78 is 2.34. The molecule has 0 amide bonds. The number of hydrogen-bond acceptors (Lipinski definition) is 4. The summed E-state index contributed by atoms with van der Waals surface area (Å²) in [5.74, 6) is 3.11. The summed E-state index contributed by atoms with van der Waals surface area (Å²) in [6.07, 6.45) is 2.36. The highest BCUT2D eigenvalue weighted by atomic mass is 15.3. The van der Waals surface area contributed by atoms with Gasteiger partial charge in [0.05, 0.1) is 6.54 Å². The van der Waals surface area contributed by atoms with Crippen molar-refractivity contribution in [2.24, 2.45) is 5.92 Å². The number of piperazine rings is 1. The molecule has 5 heteroatoms. The molecule has 94 valence electrons. The molecule has 2 aliphatic heterocycles. The monoisotopic (exact) mass is 235 g/mol. The third kappa shape index (κ3) is 2.35. The first-order valence-electron chi connectivity index (χ1n) is 6.67. The molecule has 1 atom stereocenters. The molecule has 1 aromatic heterocycles. The van der Waals surface area contributed by atoms with Gasteiger partial charge in [-0.25, -0.2) is 0 Å². The summed E-state index contributed by atoms with van der Waals surface area (Å²) >= 11 is 0. The molecular formula is C12H21N5. The van der Waals surface area contributed by atoms with Crippen LogP contribution in [0.15, 0.2) is 0 Å². The van der Waals surface area contributed by atoms with E-state index in [-0.39, 0.29) is 0 Å². The smallest absolute Gasteiger partial charge is 0.147 e. The van der Waals surface area contributed by atoms with Gasteiger partial charge in [0, 0.05) is 39.1 Å². The minimum absolute atomic E-state index is 0.763. The van der Waals surface area contributed by atoms with E-state index in [1.54, 1.807) is 0 Å². The number of nitrogens with zero attached hydrogens (tertiary/aromatic N) is 4. The predicted octanol–water partition coefficient (Wildman–Crippen LogP) is 0.266. The Morgan fingerprint density at radius 2 is 2.06 bits per heavy atom. The summed E-state index contributed by atoms with van der Waals surface area (Å²) in [4.78, 5) is 2.46. The van der Waals surface area contributed by atoms with E-state index in [2.05, 4.69) is 31.9 Å². The number of aromatic nitrogens is 3. The zero-order valence-corrected chi connectivity index (χ0v) is 10.5. The van der Waals surface area contributed by atoms with Crippen molar-refractivity contribution in [3.63, 3.8) is 0 Å². The lowest BCUT2D eigenvalue weighted by molar-refractivity contribution is 0.223. The Labute approximate surface area is 102 Å². The van der Waals surface area contributed by atoms with Crippen molar-refractivity contribution in [3.8, 4) is 0 Å². The first-order chi connectivity index (χ1) is 8.33. The molecule has 1 fully saturated rings. The summed E-state index contributed by atoms with van der Waals surface area (Å²) in [6, 6.07) is 0. The van der Waals surface area contributed by atoms with Crippen LogP contribution >= 0.6 is 0 Å². The second kappa shape index (κ2) is 4.74. The fourth-order valence-electron chi connectivity index (χ4n) is 2.73. The molecule has 0 spiro atoms. The molecule has 0 saturated carbocycles. The van der Waals surface area contributed by atoms with E-state index in [9.17, 15) is 0 Å². The first kappa shape index (κ1) is 11.2. The van der Waals surface area contributed by atoms with E-state index in [1.165, 1.54) is 12.2 Å². The molecule has 0 radical (unpaired) electrons. The van der Waals surface area contributed by atoms with Crippen LogP contribution in [-0.2, 0) is 19.5 Å². The topological polar surface area (TPSA) is 46.0 Å². The lowest BCUT2D eigenvalue weighted by Crippen LogP contribution is -2.43. The maximum absolute atomic E-state index is 4.38. The van der Waals surface area contributed by atoms with Gasteiger partial charge in [0.2, 0.25) is 0 Å². The van der Waals surface area contributed by atoms with Gasteiger partial charge in [-0.2, -0.15) is 0 Å². The predicted molar refractivity (Wildman–Crippen MR) is 65.7 cm³/mol. The third-order valence-electron chi connectivity index (χ3n) is 3.86. The zero-order valence-electron chi connectivity index (χ0n) is 10.5. The molecule has 0 bridgehead atoms. The van der Waals surface area contributed by atoms with Crippen LogP contribution in [0.4, 0.5) is 0 Å². The molecule has 3 heterocycles. The van der Waals surface area contributed by atoms with Gasteiger partial charge in [-0.3, -0.25) is 4.90 Å². The van der Waals surface area contributed by atoms with E-state index in [0.717, 1.165) is 57.4 Å². The molecular weight excluding hydrogens is 214 g/mol. The number of fused-ring (bicyclic) bond motifs is 1. The maximum Gasteiger partial charge on any atom is 0.147 e. The summed E-state index contributed by atoms with van der Waals surface area (Å²) in [6.45, 7) is 8.80. The summed E-state index contributed by atoms with van der Waals surface area (Å²) in [5, 5.41) is 12.1. The highest BCUT2D eigenvalue weighted by Crippen LogP contribution is 2.20. The van der Waals surface area contributed by atoms with Crippen molar-refractivity contribution >= 4 is 0 Å². The van der Waals surface area contributed by atoms with Gasteiger partial charge in [0.1, 0.15) is 11.6 Å². The van der Waals surface area contributed by atoms with E-state index in [0.29, 0.717) is 0 Å². The molecule has 2 aliphatic rings. The average Bonchev–Trinajstić information content (AvgIpc) is 2.73. The Balaban J connectivity index is 1.71. The summed E-state index contributed by atoms with van der Waals surface area (Å²) in [5.41, 5.74) is 0. The standard InChI is InChI=1S/C12H21N5/c1-10-2-5-17-11(8-10)14-15-12(17)9-16-6-3-13-4-7-16/h10,13H,2-9H2,1H3. The van der Waals surface area contributed by atoms with E-state index in [4.69, 9.17) is 0 Å². The van der Waals surface area contributed by atoms with E-state index >= 15 is 0 Å². The highest BCUT2D eigenvalue weighted by Gasteiger charge is 2.21. The van der Waals surface area contributed by atoms with Gasteiger partial charge < -0.3 is 9.88 Å². The highest BCUT2D eigenvalue weighted by molar-refractivity contribution is 5.00. The van der Waals surface area contributed by atoms with Crippen LogP contribution in [0.2, 0.25) is 0 Å². The maximum atomic E-state index is 4.38. The van der Waals surface area contributed by atoms with Crippen molar-refractivity contribution in [1.29, 1.82) is 0 Å². The average molecular weight is 235 g/mol. The van der Waals surface area contributed by atoms with Crippen molar-refractivity contribution in [2.45, 2.75) is 32.9 Å². The minimum atomic E-state index is 0.763. The second-order valence-corrected chi connectivity index (χ2v) is 5.31. The largest absolute Gasteiger partial charge is 0.314 e. The Hall–Kier alpha value is -0.940. The number of rotatable bonds is 2.